The summed E-state index contributed by atoms with van der Waals surface area (Å²) in [5.74, 6) is 0. The van der Waals surface area contributed by atoms with Crippen molar-refractivity contribution in [3.05, 3.63) is 0 Å². The normalized spacial score (nSPS) is 11.7. The summed E-state index contributed by atoms with van der Waals surface area (Å²) in [4.78, 5) is 0. The van der Waals surface area contributed by atoms with Crippen molar-refractivity contribution < 1.29 is 72.3 Å². The van der Waals surface area contributed by atoms with Crippen LogP contribution in [0.5, 0.6) is 0 Å². The number of aliphatic hydroxyl groups is 4. The molecule has 0 aromatic heterocycles. The summed E-state index contributed by atoms with van der Waals surface area (Å²) < 4.78 is 103. The summed E-state index contributed by atoms with van der Waals surface area (Å²) in [6, 6.07) is 0. The van der Waals surface area contributed by atoms with E-state index in [0.29, 0.717) is 25.0 Å². The van der Waals surface area contributed by atoms with Gasteiger partial charge >= 0.3 is 0 Å². The molecule has 184 valence electrons. The molecule has 0 heterocycles. The third-order valence-electron chi connectivity index (χ3n) is 1.34. The molecule has 0 bridgehead atoms. The maximum Gasteiger partial charge on any atom is 0.261 e. The van der Waals surface area contributed by atoms with E-state index in [9.17, 15) is 33.7 Å². The topological polar surface area (TPSA) is 298 Å². The van der Waals surface area contributed by atoms with E-state index in [1.807, 2.05) is 0 Å². The fraction of sp³-hybridized carbons (Fsp3) is 1.00. The van der Waals surface area contributed by atoms with Gasteiger partial charge in [0.2, 0.25) is 0 Å². The zero-order chi connectivity index (χ0) is 25.3. The Morgan fingerprint density at radius 3 is 0.517 bits per heavy atom. The Morgan fingerprint density at radius 1 is 0.448 bits per heavy atom. The predicted octanol–water partition coefficient (Wildman–Crippen LogP) is -4.04. The summed E-state index contributed by atoms with van der Waals surface area (Å²) in [7, 11) is -14.7. The molecule has 0 atom stereocenters. The molecule has 0 fully saturated rings. The molecular formula is C9H28O16S4. The molecule has 0 aromatic carbocycles. The molecule has 0 saturated heterocycles. The third-order valence-corrected chi connectivity index (χ3v) is 1.34. The molecule has 0 rings (SSSR count). The van der Waals surface area contributed by atoms with Crippen LogP contribution in [0.1, 0.15) is 0 Å². The van der Waals surface area contributed by atoms with Crippen LogP contribution in [-0.2, 0) is 40.5 Å². The van der Waals surface area contributed by atoms with Gasteiger partial charge in [-0.3, -0.25) is 18.2 Å². The maximum absolute atomic E-state index is 9.19. The van der Waals surface area contributed by atoms with Gasteiger partial charge in [0.1, 0.15) is 0 Å². The van der Waals surface area contributed by atoms with Crippen molar-refractivity contribution in [1.29, 1.82) is 0 Å². The highest BCUT2D eigenvalue weighted by Crippen LogP contribution is 2.11. The molecule has 0 aliphatic heterocycles. The Kier molecular flexibility index (Phi) is 23.1. The number of hydrogen-bond donors (Lipinski definition) is 8. The minimum atomic E-state index is -3.67. The van der Waals surface area contributed by atoms with E-state index in [4.69, 9.17) is 38.6 Å². The minimum absolute atomic E-state index is 0.406. The smallest absolute Gasteiger partial charge is 0.261 e. The van der Waals surface area contributed by atoms with Crippen LogP contribution in [0.4, 0.5) is 0 Å². The van der Waals surface area contributed by atoms with Crippen LogP contribution in [0.3, 0.4) is 0 Å². The highest BCUT2D eigenvalue weighted by Gasteiger charge is 2.26. The quantitative estimate of drug-likeness (QED) is 0.163. The second-order valence-corrected chi connectivity index (χ2v) is 10.9. The van der Waals surface area contributed by atoms with E-state index in [-0.39, 0.29) is 0 Å². The first kappa shape index (κ1) is 39.0. The van der Waals surface area contributed by atoms with E-state index in [1.54, 1.807) is 0 Å². The van der Waals surface area contributed by atoms with Crippen LogP contribution >= 0.6 is 0 Å². The lowest BCUT2D eigenvalue weighted by molar-refractivity contribution is -0.0328. The van der Waals surface area contributed by atoms with Crippen LogP contribution in [0.2, 0.25) is 0 Å². The summed E-state index contributed by atoms with van der Waals surface area (Å²) in [6.45, 7) is -1.62. The Labute approximate surface area is 169 Å². The van der Waals surface area contributed by atoms with Crippen LogP contribution in [0.25, 0.3) is 0 Å². The molecule has 0 spiro atoms. The molecular weight excluding hydrogens is 492 g/mol. The molecule has 0 amide bonds. The largest absolute Gasteiger partial charge is 0.396 e. The molecule has 16 nitrogen and oxygen atoms in total. The van der Waals surface area contributed by atoms with Crippen LogP contribution in [0.15, 0.2) is 0 Å². The van der Waals surface area contributed by atoms with Crippen molar-refractivity contribution in [3.63, 3.8) is 0 Å². The van der Waals surface area contributed by atoms with E-state index < -0.39 is 72.3 Å². The standard InChI is InChI=1S/C5H12O4.4CH4O3S/c6-1-5(2-7,3-8)4-9;4*1-5(2,3)4/h6-9H,1-4H2;4*1H3,(H,2,3,4). The molecule has 0 aliphatic carbocycles. The van der Waals surface area contributed by atoms with Crippen molar-refractivity contribution in [3.8, 4) is 0 Å². The van der Waals surface area contributed by atoms with Gasteiger partial charge < -0.3 is 20.4 Å². The first-order chi connectivity index (χ1) is 12.2. The molecule has 20 heteroatoms. The zero-order valence-corrected chi connectivity index (χ0v) is 19.1. The average Bonchev–Trinajstić information content (AvgIpc) is 2.34. The first-order valence-corrected chi connectivity index (χ1v) is 13.8. The Hall–Kier alpha value is -0.520. The zero-order valence-electron chi connectivity index (χ0n) is 15.8. The molecule has 8 N–H and O–H groups in total. The van der Waals surface area contributed by atoms with Gasteiger partial charge in [0.15, 0.2) is 0 Å². The van der Waals surface area contributed by atoms with Crippen LogP contribution in [0, 0.1) is 5.41 Å². The predicted molar refractivity (Wildman–Crippen MR) is 101 cm³/mol. The summed E-state index contributed by atoms with van der Waals surface area (Å²) in [5.41, 5.74) is -1.11. The van der Waals surface area contributed by atoms with Gasteiger partial charge in [-0.1, -0.05) is 0 Å². The van der Waals surface area contributed by atoms with E-state index in [2.05, 4.69) is 0 Å². The first-order valence-electron chi connectivity index (χ1n) is 6.38. The Bertz CT molecular complexity index is 619. The average molecular weight is 521 g/mol. The fourth-order valence-corrected chi connectivity index (χ4v) is 0.300. The second-order valence-electron chi connectivity index (χ2n) is 5.06. The summed E-state index contributed by atoms with van der Waals surface area (Å²) >= 11 is 0. The van der Waals surface area contributed by atoms with Crippen LogP contribution < -0.4 is 0 Å². The number of aliphatic hydroxyl groups excluding tert-OH is 4. The van der Waals surface area contributed by atoms with Crippen molar-refractivity contribution in [2.45, 2.75) is 0 Å². The highest BCUT2D eigenvalue weighted by molar-refractivity contribution is 7.85. The Morgan fingerprint density at radius 2 is 0.517 bits per heavy atom. The van der Waals surface area contributed by atoms with Crippen molar-refractivity contribution in [1.82, 2.24) is 0 Å². The molecule has 29 heavy (non-hydrogen) atoms. The lowest BCUT2D eigenvalue weighted by atomic mass is 9.93. The van der Waals surface area contributed by atoms with Crippen molar-refractivity contribution in [2.75, 3.05) is 51.5 Å². The number of hydrogen-bond acceptors (Lipinski definition) is 12. The van der Waals surface area contributed by atoms with Gasteiger partial charge in [-0.2, -0.15) is 33.7 Å². The third kappa shape index (κ3) is 135. The molecule has 0 saturated carbocycles. The van der Waals surface area contributed by atoms with Crippen LogP contribution in [-0.4, -0.2) is 124 Å². The van der Waals surface area contributed by atoms with Gasteiger partial charge in [0.05, 0.1) is 56.9 Å². The Balaban J connectivity index is -0.0000000853. The van der Waals surface area contributed by atoms with E-state index >= 15 is 0 Å². The fourth-order valence-electron chi connectivity index (χ4n) is 0.300. The van der Waals surface area contributed by atoms with Gasteiger partial charge in [-0.25, -0.2) is 0 Å². The van der Waals surface area contributed by atoms with E-state index in [0.717, 1.165) is 0 Å². The summed E-state index contributed by atoms with van der Waals surface area (Å²) in [6.07, 6.45) is 2.86. The van der Waals surface area contributed by atoms with Gasteiger partial charge in [-0.05, 0) is 0 Å². The van der Waals surface area contributed by atoms with Gasteiger partial charge in [0.25, 0.3) is 40.5 Å². The monoisotopic (exact) mass is 520 g/mol. The lowest BCUT2D eigenvalue weighted by Gasteiger charge is -2.23. The second kappa shape index (κ2) is 17.2. The highest BCUT2D eigenvalue weighted by atomic mass is 32.2. The van der Waals surface area contributed by atoms with Crippen molar-refractivity contribution >= 4 is 40.5 Å². The van der Waals surface area contributed by atoms with Gasteiger partial charge in [-0.15, -0.1) is 0 Å². The molecule has 0 aliphatic rings. The lowest BCUT2D eigenvalue weighted by Crippen LogP contribution is -2.37. The number of rotatable bonds is 4. The SMILES string of the molecule is CS(=O)(=O)O.CS(=O)(=O)O.CS(=O)(=O)O.CS(=O)(=O)O.OCC(CO)(CO)CO. The molecule has 0 unspecified atom stereocenters. The minimum Gasteiger partial charge on any atom is -0.396 e. The molecule has 0 aromatic rings. The van der Waals surface area contributed by atoms with Crippen molar-refractivity contribution in [2.24, 2.45) is 5.41 Å². The van der Waals surface area contributed by atoms with E-state index in [1.165, 1.54) is 0 Å². The maximum atomic E-state index is 9.19. The summed E-state index contributed by atoms with van der Waals surface area (Å²) in [5, 5.41) is 34.0. The van der Waals surface area contributed by atoms with Gasteiger partial charge in [0, 0.05) is 0 Å². The molecule has 0 radical (unpaired) electrons.